The highest BCUT2D eigenvalue weighted by atomic mass is 31.2. The standard InChI is InChI=1S/C70H129O11P/c1-4-7-10-13-16-19-22-25-28-31-33-36-38-41-44-47-50-53-56-59-68(72)77-63-67(81-70(74)61-58-55-52-49-46-43-40-37-34-32-29-26-23-20-17-14-11-8-5-2)65-79-82(75,76)78-64-66(62-71)80-69(73)60-57-54-51-48-45-42-39-35-30-27-24-21-18-15-12-9-6-3/h18,21,25-30,66-67,71H,4-17,19-20,22-24,31-65H2,1-3H3,(H,75,76)/b21-18-,28-25-,29-26-,30-27-. The molecule has 0 spiro atoms. The van der Waals surface area contributed by atoms with Gasteiger partial charge < -0.3 is 24.2 Å². The van der Waals surface area contributed by atoms with Crippen LogP contribution < -0.4 is 0 Å². The van der Waals surface area contributed by atoms with E-state index in [1.165, 1.54) is 205 Å². The highest BCUT2D eigenvalue weighted by Crippen LogP contribution is 2.43. The number of unbranched alkanes of at least 4 members (excludes halogenated alkanes) is 40. The first-order valence-corrected chi connectivity index (χ1v) is 36.0. The van der Waals surface area contributed by atoms with Crippen molar-refractivity contribution in [2.75, 3.05) is 26.4 Å². The summed E-state index contributed by atoms with van der Waals surface area (Å²) < 4.78 is 39.8. The molecule has 0 aromatic heterocycles. The Bertz CT molecular complexity index is 1560. The van der Waals surface area contributed by atoms with Crippen LogP contribution in [0.15, 0.2) is 48.6 Å². The van der Waals surface area contributed by atoms with Crippen LogP contribution in [0.2, 0.25) is 0 Å². The zero-order valence-corrected chi connectivity index (χ0v) is 54.4. The maximum Gasteiger partial charge on any atom is 0.472 e. The second-order valence-electron chi connectivity index (χ2n) is 23.3. The second kappa shape index (κ2) is 64.4. The van der Waals surface area contributed by atoms with Crippen molar-refractivity contribution < 1.29 is 52.2 Å². The van der Waals surface area contributed by atoms with Crippen molar-refractivity contribution in [2.45, 2.75) is 354 Å². The molecule has 11 nitrogen and oxygen atoms in total. The van der Waals surface area contributed by atoms with Crippen molar-refractivity contribution in [1.29, 1.82) is 0 Å². The van der Waals surface area contributed by atoms with Gasteiger partial charge in [-0.2, -0.15) is 0 Å². The Hall–Kier alpha value is -2.56. The van der Waals surface area contributed by atoms with Crippen molar-refractivity contribution in [1.82, 2.24) is 0 Å². The predicted molar refractivity (Wildman–Crippen MR) is 344 cm³/mol. The van der Waals surface area contributed by atoms with Crippen LogP contribution in [0.5, 0.6) is 0 Å². The van der Waals surface area contributed by atoms with Gasteiger partial charge in [-0.3, -0.25) is 23.4 Å². The molecule has 12 heteroatoms. The van der Waals surface area contributed by atoms with Crippen LogP contribution in [0.3, 0.4) is 0 Å². The Balaban J connectivity index is 4.67. The molecule has 0 aromatic carbocycles. The van der Waals surface area contributed by atoms with Gasteiger partial charge in [0.25, 0.3) is 0 Å². The Morgan fingerprint density at radius 1 is 0.341 bits per heavy atom. The summed E-state index contributed by atoms with van der Waals surface area (Å²) in [5.41, 5.74) is 0. The van der Waals surface area contributed by atoms with E-state index in [1.807, 2.05) is 0 Å². The van der Waals surface area contributed by atoms with E-state index in [0.29, 0.717) is 19.3 Å². The van der Waals surface area contributed by atoms with Gasteiger partial charge in [0.1, 0.15) is 12.7 Å². The number of aliphatic hydroxyl groups excluding tert-OH is 1. The van der Waals surface area contributed by atoms with Gasteiger partial charge in [0.05, 0.1) is 19.8 Å². The number of hydrogen-bond donors (Lipinski definition) is 2. The van der Waals surface area contributed by atoms with Gasteiger partial charge in [0.15, 0.2) is 6.10 Å². The molecule has 0 aliphatic carbocycles. The molecule has 0 radical (unpaired) electrons. The highest BCUT2D eigenvalue weighted by molar-refractivity contribution is 7.47. The third kappa shape index (κ3) is 62.0. The first-order chi connectivity index (χ1) is 40.2. The van der Waals surface area contributed by atoms with Crippen LogP contribution in [0.25, 0.3) is 0 Å². The minimum Gasteiger partial charge on any atom is -0.462 e. The third-order valence-electron chi connectivity index (χ3n) is 15.2. The fraction of sp³-hybridized carbons (Fsp3) is 0.843. The molecule has 0 amide bonds. The molecule has 0 bridgehead atoms. The Labute approximate surface area is 504 Å². The molecule has 0 saturated heterocycles. The molecule has 480 valence electrons. The lowest BCUT2D eigenvalue weighted by molar-refractivity contribution is -0.161. The fourth-order valence-electron chi connectivity index (χ4n) is 9.91. The number of allylic oxidation sites excluding steroid dienone is 8. The lowest BCUT2D eigenvalue weighted by Crippen LogP contribution is -2.30. The quantitative estimate of drug-likeness (QED) is 0.0197. The van der Waals surface area contributed by atoms with Gasteiger partial charge in [-0.25, -0.2) is 4.57 Å². The molecule has 0 aliphatic rings. The number of carbonyl (C=O) groups is 3. The molecule has 0 fully saturated rings. The van der Waals surface area contributed by atoms with Crippen molar-refractivity contribution in [3.8, 4) is 0 Å². The van der Waals surface area contributed by atoms with Gasteiger partial charge in [-0.1, -0.05) is 268 Å². The summed E-state index contributed by atoms with van der Waals surface area (Å²) in [4.78, 5) is 48.9. The largest absolute Gasteiger partial charge is 0.472 e. The summed E-state index contributed by atoms with van der Waals surface area (Å²) in [7, 11) is -4.76. The minimum atomic E-state index is -4.76. The first kappa shape index (κ1) is 79.4. The molecule has 3 unspecified atom stereocenters. The maximum atomic E-state index is 13.0. The molecule has 0 saturated carbocycles. The second-order valence-corrected chi connectivity index (χ2v) is 24.8. The monoisotopic (exact) mass is 1180 g/mol. The first-order valence-electron chi connectivity index (χ1n) is 34.5. The molecular formula is C70H129O11P. The van der Waals surface area contributed by atoms with Crippen molar-refractivity contribution in [3.05, 3.63) is 48.6 Å². The Kier molecular flexibility index (Phi) is 62.4. The topological polar surface area (TPSA) is 155 Å². The van der Waals surface area contributed by atoms with Crippen LogP contribution in [0.4, 0.5) is 0 Å². The predicted octanol–water partition coefficient (Wildman–Crippen LogP) is 21.3. The third-order valence-corrected chi connectivity index (χ3v) is 16.1. The van der Waals surface area contributed by atoms with E-state index in [4.69, 9.17) is 23.3 Å². The number of rotatable bonds is 65. The van der Waals surface area contributed by atoms with E-state index in [-0.39, 0.29) is 25.9 Å². The minimum absolute atomic E-state index is 0.167. The lowest BCUT2D eigenvalue weighted by atomic mass is 10.1. The van der Waals surface area contributed by atoms with E-state index in [1.54, 1.807) is 0 Å². The number of phosphoric acid groups is 1. The Morgan fingerprint density at radius 2 is 0.598 bits per heavy atom. The van der Waals surface area contributed by atoms with Gasteiger partial charge in [-0.15, -0.1) is 0 Å². The average molecular weight is 1180 g/mol. The van der Waals surface area contributed by atoms with Gasteiger partial charge in [0, 0.05) is 19.3 Å². The number of aliphatic hydroxyl groups is 1. The van der Waals surface area contributed by atoms with E-state index >= 15 is 0 Å². The van der Waals surface area contributed by atoms with Crippen LogP contribution in [-0.4, -0.2) is 66.5 Å². The fourth-order valence-corrected chi connectivity index (χ4v) is 10.7. The van der Waals surface area contributed by atoms with E-state index < -0.39 is 57.8 Å². The number of ether oxygens (including phenoxy) is 3. The summed E-state index contributed by atoms with van der Waals surface area (Å²) in [6.07, 6.45) is 72.0. The molecule has 82 heavy (non-hydrogen) atoms. The molecule has 3 atom stereocenters. The summed E-state index contributed by atoms with van der Waals surface area (Å²) in [5, 5.41) is 9.87. The number of phosphoric ester groups is 1. The number of hydrogen-bond acceptors (Lipinski definition) is 10. The van der Waals surface area contributed by atoms with Crippen molar-refractivity contribution in [2.24, 2.45) is 0 Å². The summed E-state index contributed by atoms with van der Waals surface area (Å²) >= 11 is 0. The smallest absolute Gasteiger partial charge is 0.462 e. The van der Waals surface area contributed by atoms with Crippen LogP contribution >= 0.6 is 7.82 Å². The van der Waals surface area contributed by atoms with Crippen LogP contribution in [0.1, 0.15) is 342 Å². The Morgan fingerprint density at radius 3 is 0.939 bits per heavy atom. The van der Waals surface area contributed by atoms with Crippen LogP contribution in [0, 0.1) is 0 Å². The average Bonchev–Trinajstić information content (AvgIpc) is 3.49. The lowest BCUT2D eigenvalue weighted by Gasteiger charge is -2.21. The van der Waals surface area contributed by atoms with E-state index in [0.717, 1.165) is 77.0 Å². The zero-order valence-electron chi connectivity index (χ0n) is 53.5. The zero-order chi connectivity index (χ0) is 59.8. The molecule has 2 N–H and O–H groups in total. The molecule has 0 rings (SSSR count). The van der Waals surface area contributed by atoms with E-state index in [2.05, 4.69) is 69.4 Å². The number of esters is 3. The maximum absolute atomic E-state index is 13.0. The summed E-state index contributed by atoms with van der Waals surface area (Å²) in [6.45, 7) is 4.68. The summed E-state index contributed by atoms with van der Waals surface area (Å²) in [6, 6.07) is 0. The van der Waals surface area contributed by atoms with Crippen LogP contribution in [-0.2, 0) is 42.2 Å². The molecule has 0 heterocycles. The normalized spacial score (nSPS) is 13.5. The number of carbonyl (C=O) groups excluding carboxylic acids is 3. The van der Waals surface area contributed by atoms with Gasteiger partial charge in [-0.05, 0) is 103 Å². The molecule has 0 aromatic rings. The highest BCUT2D eigenvalue weighted by Gasteiger charge is 2.28. The van der Waals surface area contributed by atoms with Gasteiger partial charge >= 0.3 is 25.7 Å². The van der Waals surface area contributed by atoms with E-state index in [9.17, 15) is 28.9 Å². The van der Waals surface area contributed by atoms with Gasteiger partial charge in [0.2, 0.25) is 0 Å². The van der Waals surface area contributed by atoms with Crippen molar-refractivity contribution >= 4 is 25.7 Å². The summed E-state index contributed by atoms with van der Waals surface area (Å²) in [5.74, 6) is -1.45. The SMILES string of the molecule is CCCCC/C=C\C/C=C\CCCCCCCCCC(=O)OC(CO)COP(=O)(O)OCC(COC(=O)CCCCCCCCCCC/C=C\CCCCCCCC)OC(=O)CCCCCCCCCCC/C=C\CCCCCCCC. The van der Waals surface area contributed by atoms with Crippen molar-refractivity contribution in [3.63, 3.8) is 0 Å². The molecular weight excluding hydrogens is 1050 g/mol. The molecule has 0 aliphatic heterocycles.